The lowest BCUT2D eigenvalue weighted by molar-refractivity contribution is -0.139. The van der Waals surface area contributed by atoms with Gasteiger partial charge < -0.3 is 9.64 Å². The molecule has 1 aromatic carbocycles. The first-order valence-corrected chi connectivity index (χ1v) is 7.73. The van der Waals surface area contributed by atoms with E-state index in [1.54, 1.807) is 11.8 Å². The quantitative estimate of drug-likeness (QED) is 0.802. The van der Waals surface area contributed by atoms with E-state index < -0.39 is 0 Å². The summed E-state index contributed by atoms with van der Waals surface area (Å²) in [6.45, 7) is 4.04. The summed E-state index contributed by atoms with van der Waals surface area (Å²) in [5.41, 5.74) is 2.39. The van der Waals surface area contributed by atoms with Crippen LogP contribution >= 0.6 is 11.8 Å². The molecule has 0 radical (unpaired) electrons. The van der Waals surface area contributed by atoms with Gasteiger partial charge in [0, 0.05) is 6.20 Å². The number of fused-ring (bicyclic) bond motifs is 1. The number of hydrogen-bond donors (Lipinski definition) is 0. The van der Waals surface area contributed by atoms with Gasteiger partial charge in [0.05, 0.1) is 23.9 Å². The largest absolute Gasteiger partial charge is 0.463 e. The number of esters is 1. The molecule has 1 aromatic rings. The molecule has 0 N–H and O–H groups in total. The van der Waals surface area contributed by atoms with E-state index in [-0.39, 0.29) is 12.0 Å². The van der Waals surface area contributed by atoms with Crippen molar-refractivity contribution in [3.05, 3.63) is 58.8 Å². The number of aliphatic imine (C=N–C) groups is 1. The number of amidine groups is 1. The highest BCUT2D eigenvalue weighted by molar-refractivity contribution is 8.16. The van der Waals surface area contributed by atoms with E-state index in [1.807, 2.05) is 60.7 Å². The Balaban J connectivity index is 2.10. The highest BCUT2D eigenvalue weighted by Gasteiger charge is 2.37. The summed E-state index contributed by atoms with van der Waals surface area (Å²) < 4.78 is 5.23. The van der Waals surface area contributed by atoms with Crippen molar-refractivity contribution in [3.8, 4) is 0 Å². The molecule has 2 aliphatic rings. The molecular weight excluding hydrogens is 284 g/mol. The Morgan fingerprint density at radius 3 is 2.86 bits per heavy atom. The second-order valence-electron chi connectivity index (χ2n) is 4.74. The summed E-state index contributed by atoms with van der Waals surface area (Å²) in [4.78, 5) is 18.9. The highest BCUT2D eigenvalue weighted by atomic mass is 32.2. The molecule has 5 heteroatoms. The van der Waals surface area contributed by atoms with Crippen LogP contribution in [0.2, 0.25) is 0 Å². The number of hydrogen-bond acceptors (Lipinski definition) is 5. The van der Waals surface area contributed by atoms with Gasteiger partial charge in [-0.15, -0.1) is 0 Å². The first-order chi connectivity index (χ1) is 10.2. The Labute approximate surface area is 128 Å². The van der Waals surface area contributed by atoms with Crippen LogP contribution in [0.15, 0.2) is 58.2 Å². The second-order valence-corrected chi connectivity index (χ2v) is 5.61. The molecule has 0 bridgehead atoms. The third-order valence-electron chi connectivity index (χ3n) is 3.43. The number of rotatable bonds is 3. The SMILES string of the molecule is CCOC(=O)C1=C(C)N=C2SC=CN2[C@@H]1c1ccccc1. The van der Waals surface area contributed by atoms with Crippen molar-refractivity contribution in [2.45, 2.75) is 19.9 Å². The highest BCUT2D eigenvalue weighted by Crippen LogP contribution is 2.40. The smallest absolute Gasteiger partial charge is 0.338 e. The lowest BCUT2D eigenvalue weighted by Crippen LogP contribution is -2.34. The van der Waals surface area contributed by atoms with Gasteiger partial charge in [-0.3, -0.25) is 0 Å². The monoisotopic (exact) mass is 300 g/mol. The predicted molar refractivity (Wildman–Crippen MR) is 84.5 cm³/mol. The van der Waals surface area contributed by atoms with E-state index in [0.717, 1.165) is 16.4 Å². The van der Waals surface area contributed by atoms with E-state index in [0.29, 0.717) is 12.2 Å². The maximum atomic E-state index is 12.4. The molecule has 4 nitrogen and oxygen atoms in total. The molecule has 108 valence electrons. The van der Waals surface area contributed by atoms with Crippen molar-refractivity contribution in [3.63, 3.8) is 0 Å². The minimum atomic E-state index is -0.294. The van der Waals surface area contributed by atoms with Crippen LogP contribution in [0.1, 0.15) is 25.5 Å². The van der Waals surface area contributed by atoms with E-state index >= 15 is 0 Å². The number of allylic oxidation sites excluding steroid dienone is 1. The average Bonchev–Trinajstić information content (AvgIpc) is 2.94. The Morgan fingerprint density at radius 1 is 1.38 bits per heavy atom. The number of ether oxygens (including phenoxy) is 1. The van der Waals surface area contributed by atoms with Crippen LogP contribution in [0.3, 0.4) is 0 Å². The fourth-order valence-corrected chi connectivity index (χ4v) is 3.32. The molecule has 0 aliphatic carbocycles. The van der Waals surface area contributed by atoms with Gasteiger partial charge in [-0.2, -0.15) is 0 Å². The van der Waals surface area contributed by atoms with Gasteiger partial charge in [-0.1, -0.05) is 42.1 Å². The van der Waals surface area contributed by atoms with Gasteiger partial charge in [0.15, 0.2) is 5.17 Å². The van der Waals surface area contributed by atoms with Crippen LogP contribution in [-0.2, 0) is 9.53 Å². The van der Waals surface area contributed by atoms with Crippen molar-refractivity contribution >= 4 is 22.9 Å². The van der Waals surface area contributed by atoms with Gasteiger partial charge in [-0.05, 0) is 24.8 Å². The summed E-state index contributed by atoms with van der Waals surface area (Å²) in [6, 6.07) is 9.80. The Bertz CT molecular complexity index is 650. The molecule has 0 fully saturated rings. The number of carbonyl (C=O) groups is 1. The van der Waals surface area contributed by atoms with Crippen molar-refractivity contribution in [2.24, 2.45) is 4.99 Å². The van der Waals surface area contributed by atoms with Crippen LogP contribution in [0, 0.1) is 0 Å². The van der Waals surface area contributed by atoms with Gasteiger partial charge in [-0.25, -0.2) is 9.79 Å². The normalized spacial score (nSPS) is 20.4. The maximum Gasteiger partial charge on any atom is 0.338 e. The fourth-order valence-electron chi connectivity index (χ4n) is 2.53. The lowest BCUT2D eigenvalue weighted by Gasteiger charge is -2.33. The molecule has 0 spiro atoms. The average molecular weight is 300 g/mol. The van der Waals surface area contributed by atoms with Gasteiger partial charge in [0.25, 0.3) is 0 Å². The van der Waals surface area contributed by atoms with E-state index in [9.17, 15) is 4.79 Å². The van der Waals surface area contributed by atoms with Crippen LogP contribution in [0.5, 0.6) is 0 Å². The number of thioether (sulfide) groups is 1. The number of benzene rings is 1. The Hall–Kier alpha value is -2.01. The molecule has 21 heavy (non-hydrogen) atoms. The standard InChI is InChI=1S/C16H16N2O2S/c1-3-20-15(19)13-11(2)17-16-18(9-10-21-16)14(13)12-7-5-4-6-8-12/h4-10,14H,3H2,1-2H3/t14-/m1/s1. The van der Waals surface area contributed by atoms with Gasteiger partial charge >= 0.3 is 5.97 Å². The maximum absolute atomic E-state index is 12.4. The first-order valence-electron chi connectivity index (χ1n) is 6.85. The molecule has 0 saturated carbocycles. The molecule has 0 aromatic heterocycles. The van der Waals surface area contributed by atoms with Crippen LogP contribution < -0.4 is 0 Å². The molecule has 2 heterocycles. The fraction of sp³-hybridized carbons (Fsp3) is 0.250. The summed E-state index contributed by atoms with van der Waals surface area (Å²) in [5.74, 6) is -0.294. The minimum absolute atomic E-state index is 0.177. The summed E-state index contributed by atoms with van der Waals surface area (Å²) in [6.07, 6.45) is 1.97. The van der Waals surface area contributed by atoms with E-state index in [4.69, 9.17) is 4.74 Å². The Kier molecular flexibility index (Phi) is 3.84. The zero-order chi connectivity index (χ0) is 14.8. The first kappa shape index (κ1) is 13.9. The topological polar surface area (TPSA) is 41.9 Å². The number of nitrogens with zero attached hydrogens (tertiary/aromatic N) is 2. The molecule has 0 unspecified atom stereocenters. The van der Waals surface area contributed by atoms with E-state index in [1.165, 1.54) is 0 Å². The lowest BCUT2D eigenvalue weighted by atomic mass is 9.95. The third kappa shape index (κ3) is 2.49. The van der Waals surface area contributed by atoms with Gasteiger partial charge in [0.2, 0.25) is 0 Å². The van der Waals surface area contributed by atoms with Crippen LogP contribution in [0.25, 0.3) is 0 Å². The van der Waals surface area contributed by atoms with E-state index in [2.05, 4.69) is 4.99 Å². The third-order valence-corrected chi connectivity index (χ3v) is 4.20. The summed E-state index contributed by atoms with van der Waals surface area (Å²) >= 11 is 1.56. The predicted octanol–water partition coefficient (Wildman–Crippen LogP) is 3.45. The Morgan fingerprint density at radius 2 is 2.14 bits per heavy atom. The molecule has 1 atom stereocenters. The zero-order valence-corrected chi connectivity index (χ0v) is 12.8. The number of carbonyl (C=O) groups excluding carboxylic acids is 1. The second kappa shape index (κ2) is 5.77. The molecule has 3 rings (SSSR count). The van der Waals surface area contributed by atoms with Crippen LogP contribution in [0.4, 0.5) is 0 Å². The van der Waals surface area contributed by atoms with Crippen molar-refractivity contribution in [2.75, 3.05) is 6.61 Å². The van der Waals surface area contributed by atoms with Crippen molar-refractivity contribution < 1.29 is 9.53 Å². The summed E-state index contributed by atoms with van der Waals surface area (Å²) in [7, 11) is 0. The summed E-state index contributed by atoms with van der Waals surface area (Å²) in [5, 5.41) is 2.88. The van der Waals surface area contributed by atoms with Crippen LogP contribution in [-0.4, -0.2) is 22.6 Å². The minimum Gasteiger partial charge on any atom is -0.463 e. The molecule has 0 amide bonds. The zero-order valence-electron chi connectivity index (χ0n) is 11.9. The van der Waals surface area contributed by atoms with Gasteiger partial charge in [0.1, 0.15) is 0 Å². The van der Waals surface area contributed by atoms with Crippen molar-refractivity contribution in [1.82, 2.24) is 4.90 Å². The molecule has 2 aliphatic heterocycles. The van der Waals surface area contributed by atoms with Crippen molar-refractivity contribution in [1.29, 1.82) is 0 Å². The molecular formula is C16H16N2O2S. The molecule has 0 saturated heterocycles.